The van der Waals surface area contributed by atoms with Gasteiger partial charge in [0.05, 0.1) is 0 Å². The van der Waals surface area contributed by atoms with E-state index in [9.17, 15) is 0 Å². The maximum Gasteiger partial charge on any atom is 0.248 e. The SMILES string of the molecule is CCc1ccccc1-c1nnc(C(Cl)c2ccccc2)o1. The lowest BCUT2D eigenvalue weighted by atomic mass is 10.1. The van der Waals surface area contributed by atoms with Gasteiger partial charge < -0.3 is 4.42 Å². The second kappa shape index (κ2) is 6.10. The summed E-state index contributed by atoms with van der Waals surface area (Å²) in [5, 5.41) is 7.81. The number of benzene rings is 2. The highest BCUT2D eigenvalue weighted by atomic mass is 35.5. The van der Waals surface area contributed by atoms with E-state index in [0.717, 1.165) is 17.5 Å². The van der Waals surface area contributed by atoms with Gasteiger partial charge in [-0.2, -0.15) is 0 Å². The monoisotopic (exact) mass is 298 g/mol. The Balaban J connectivity index is 1.93. The topological polar surface area (TPSA) is 38.9 Å². The molecular formula is C17H15ClN2O. The van der Waals surface area contributed by atoms with E-state index in [-0.39, 0.29) is 0 Å². The Morgan fingerprint density at radius 3 is 2.48 bits per heavy atom. The van der Waals surface area contributed by atoms with Crippen molar-refractivity contribution in [3.8, 4) is 11.5 Å². The predicted octanol–water partition coefficient (Wildman–Crippen LogP) is 4.63. The molecule has 1 atom stereocenters. The molecule has 0 aliphatic heterocycles. The van der Waals surface area contributed by atoms with E-state index in [1.165, 1.54) is 5.56 Å². The van der Waals surface area contributed by atoms with Crippen LogP contribution in [0.25, 0.3) is 11.5 Å². The molecule has 0 aliphatic carbocycles. The first kappa shape index (κ1) is 13.8. The van der Waals surface area contributed by atoms with Crippen molar-refractivity contribution in [2.75, 3.05) is 0 Å². The van der Waals surface area contributed by atoms with Crippen LogP contribution in [-0.2, 0) is 6.42 Å². The lowest BCUT2D eigenvalue weighted by Gasteiger charge is -2.05. The van der Waals surface area contributed by atoms with Gasteiger partial charge in [-0.15, -0.1) is 21.8 Å². The molecule has 1 aromatic heterocycles. The highest BCUT2D eigenvalue weighted by Crippen LogP contribution is 2.30. The summed E-state index contributed by atoms with van der Waals surface area (Å²) >= 11 is 6.41. The van der Waals surface area contributed by atoms with Crippen LogP contribution in [0.15, 0.2) is 59.0 Å². The van der Waals surface area contributed by atoms with Gasteiger partial charge in [-0.05, 0) is 23.6 Å². The summed E-state index contributed by atoms with van der Waals surface area (Å²) in [5.41, 5.74) is 3.09. The van der Waals surface area contributed by atoms with Crippen molar-refractivity contribution in [3.63, 3.8) is 0 Å². The highest BCUT2D eigenvalue weighted by molar-refractivity contribution is 6.22. The van der Waals surface area contributed by atoms with Gasteiger partial charge in [0.25, 0.3) is 0 Å². The first-order chi connectivity index (χ1) is 10.3. The molecule has 1 heterocycles. The molecule has 0 fully saturated rings. The van der Waals surface area contributed by atoms with Crippen molar-refractivity contribution in [1.82, 2.24) is 10.2 Å². The molecule has 0 bridgehead atoms. The maximum absolute atomic E-state index is 6.41. The van der Waals surface area contributed by atoms with Gasteiger partial charge in [0.1, 0.15) is 5.38 Å². The molecule has 3 rings (SSSR count). The zero-order valence-electron chi connectivity index (χ0n) is 11.7. The summed E-state index contributed by atoms with van der Waals surface area (Å²) in [6, 6.07) is 17.7. The first-order valence-corrected chi connectivity index (χ1v) is 7.34. The summed E-state index contributed by atoms with van der Waals surface area (Å²) < 4.78 is 5.77. The standard InChI is InChI=1S/C17H15ClN2O/c1-2-12-8-6-7-11-14(12)16-19-20-17(21-16)15(18)13-9-4-3-5-10-13/h3-11,15H,2H2,1H3. The third-order valence-electron chi connectivity index (χ3n) is 3.38. The summed E-state index contributed by atoms with van der Waals surface area (Å²) in [4.78, 5) is 0. The van der Waals surface area contributed by atoms with Gasteiger partial charge in [-0.25, -0.2) is 0 Å². The molecule has 4 heteroatoms. The largest absolute Gasteiger partial charge is 0.419 e. The van der Waals surface area contributed by atoms with Crippen LogP contribution in [0.5, 0.6) is 0 Å². The lowest BCUT2D eigenvalue weighted by molar-refractivity contribution is 0.512. The molecule has 0 amide bonds. The van der Waals surface area contributed by atoms with Crippen LogP contribution in [0.4, 0.5) is 0 Å². The second-order valence-corrected chi connectivity index (χ2v) is 5.17. The molecule has 0 saturated carbocycles. The third-order valence-corrected chi connectivity index (χ3v) is 3.82. The van der Waals surface area contributed by atoms with E-state index < -0.39 is 5.38 Å². The average molecular weight is 299 g/mol. The number of nitrogens with zero attached hydrogens (tertiary/aromatic N) is 2. The fourth-order valence-electron chi connectivity index (χ4n) is 2.25. The number of hydrogen-bond donors (Lipinski definition) is 0. The molecule has 106 valence electrons. The minimum absolute atomic E-state index is 0.420. The number of halogens is 1. The van der Waals surface area contributed by atoms with Crippen LogP contribution in [0.2, 0.25) is 0 Å². The van der Waals surface area contributed by atoms with Crippen LogP contribution in [0, 0.1) is 0 Å². The Kier molecular flexibility index (Phi) is 4.02. The summed E-state index contributed by atoms with van der Waals surface area (Å²) in [6.07, 6.45) is 0.914. The minimum atomic E-state index is -0.429. The molecular weight excluding hydrogens is 284 g/mol. The molecule has 3 nitrogen and oxygen atoms in total. The number of aryl methyl sites for hydroxylation is 1. The van der Waals surface area contributed by atoms with E-state index >= 15 is 0 Å². The third kappa shape index (κ3) is 2.83. The molecule has 1 unspecified atom stereocenters. The molecule has 0 radical (unpaired) electrons. The zero-order valence-corrected chi connectivity index (χ0v) is 12.4. The highest BCUT2D eigenvalue weighted by Gasteiger charge is 2.19. The number of rotatable bonds is 4. The van der Waals surface area contributed by atoms with Crippen LogP contribution in [0.1, 0.15) is 29.3 Å². The van der Waals surface area contributed by atoms with Gasteiger partial charge in [-0.1, -0.05) is 55.5 Å². The van der Waals surface area contributed by atoms with Gasteiger partial charge in [0.15, 0.2) is 0 Å². The van der Waals surface area contributed by atoms with E-state index in [4.69, 9.17) is 16.0 Å². The Bertz CT molecular complexity index is 724. The van der Waals surface area contributed by atoms with Crippen molar-refractivity contribution < 1.29 is 4.42 Å². The molecule has 0 aliphatic rings. The van der Waals surface area contributed by atoms with Crippen LogP contribution in [-0.4, -0.2) is 10.2 Å². The quantitative estimate of drug-likeness (QED) is 0.659. The molecule has 0 saturated heterocycles. The van der Waals surface area contributed by atoms with Crippen molar-refractivity contribution >= 4 is 11.6 Å². The first-order valence-electron chi connectivity index (χ1n) is 6.90. The zero-order chi connectivity index (χ0) is 14.7. The Hall–Kier alpha value is -2.13. The normalized spacial score (nSPS) is 12.3. The molecule has 0 spiro atoms. The molecule has 21 heavy (non-hydrogen) atoms. The summed E-state index contributed by atoms with van der Waals surface area (Å²) in [7, 11) is 0. The van der Waals surface area contributed by atoms with Crippen LogP contribution < -0.4 is 0 Å². The Morgan fingerprint density at radius 1 is 1.00 bits per heavy atom. The Labute approximate surface area is 128 Å². The van der Waals surface area contributed by atoms with E-state index in [2.05, 4.69) is 23.2 Å². The number of hydrogen-bond acceptors (Lipinski definition) is 3. The van der Waals surface area contributed by atoms with Gasteiger partial charge >= 0.3 is 0 Å². The smallest absolute Gasteiger partial charge is 0.248 e. The van der Waals surface area contributed by atoms with E-state index in [1.54, 1.807) is 0 Å². The van der Waals surface area contributed by atoms with Gasteiger partial charge in [0, 0.05) is 5.56 Å². The molecule has 3 aromatic rings. The maximum atomic E-state index is 6.41. The summed E-state index contributed by atoms with van der Waals surface area (Å²) in [5.74, 6) is 0.938. The average Bonchev–Trinajstić information content (AvgIpc) is 3.04. The van der Waals surface area contributed by atoms with Gasteiger partial charge in [-0.3, -0.25) is 0 Å². The lowest BCUT2D eigenvalue weighted by Crippen LogP contribution is -1.92. The Morgan fingerprint density at radius 2 is 1.71 bits per heavy atom. The number of alkyl halides is 1. The van der Waals surface area contributed by atoms with Crippen molar-refractivity contribution in [2.24, 2.45) is 0 Å². The minimum Gasteiger partial charge on any atom is -0.419 e. The summed E-state index contributed by atoms with van der Waals surface area (Å²) in [6.45, 7) is 2.10. The van der Waals surface area contributed by atoms with Crippen molar-refractivity contribution in [3.05, 3.63) is 71.6 Å². The second-order valence-electron chi connectivity index (χ2n) is 4.73. The van der Waals surface area contributed by atoms with E-state index in [1.807, 2.05) is 48.5 Å². The van der Waals surface area contributed by atoms with Gasteiger partial charge in [0.2, 0.25) is 11.8 Å². The fraction of sp³-hybridized carbons (Fsp3) is 0.176. The molecule has 0 N–H and O–H groups in total. The predicted molar refractivity (Wildman–Crippen MR) is 83.3 cm³/mol. The van der Waals surface area contributed by atoms with Crippen LogP contribution >= 0.6 is 11.6 Å². The van der Waals surface area contributed by atoms with E-state index in [0.29, 0.717) is 11.8 Å². The van der Waals surface area contributed by atoms with Crippen molar-refractivity contribution in [1.29, 1.82) is 0 Å². The van der Waals surface area contributed by atoms with Crippen molar-refractivity contribution in [2.45, 2.75) is 18.7 Å². The molecule has 2 aromatic carbocycles. The number of aromatic nitrogens is 2. The fourth-order valence-corrected chi connectivity index (χ4v) is 2.48. The van der Waals surface area contributed by atoms with Crippen LogP contribution in [0.3, 0.4) is 0 Å².